The summed E-state index contributed by atoms with van der Waals surface area (Å²) in [7, 11) is 1.32. The first-order valence-electron chi connectivity index (χ1n) is 9.49. The Morgan fingerprint density at radius 3 is 2.70 bits per heavy atom. The Balaban J connectivity index is 1.56. The lowest BCUT2D eigenvalue weighted by atomic mass is 9.83. The number of ether oxygens (including phenoxy) is 1. The zero-order valence-electron chi connectivity index (χ0n) is 16.2. The van der Waals surface area contributed by atoms with Gasteiger partial charge in [-0.05, 0) is 54.2 Å². The van der Waals surface area contributed by atoms with E-state index in [0.717, 1.165) is 17.2 Å². The van der Waals surface area contributed by atoms with Gasteiger partial charge in [-0.1, -0.05) is 29.8 Å². The zero-order valence-corrected chi connectivity index (χ0v) is 16.9. The number of hydrogen-bond acceptors (Lipinski definition) is 3. The van der Waals surface area contributed by atoms with E-state index in [1.807, 2.05) is 6.07 Å². The van der Waals surface area contributed by atoms with Crippen LogP contribution in [0.15, 0.2) is 36.4 Å². The summed E-state index contributed by atoms with van der Waals surface area (Å²) in [5, 5.41) is -0.364. The van der Waals surface area contributed by atoms with Crippen LogP contribution in [0.1, 0.15) is 39.0 Å². The van der Waals surface area contributed by atoms with Crippen LogP contribution in [0.3, 0.4) is 0 Å². The minimum absolute atomic E-state index is 0.0844. The molecule has 1 heterocycles. The van der Waals surface area contributed by atoms with Gasteiger partial charge in [0.2, 0.25) is 5.91 Å². The van der Waals surface area contributed by atoms with Crippen LogP contribution in [0.4, 0.5) is 13.2 Å². The number of carbonyl (C=O) groups is 2. The number of alkyl halides is 3. The summed E-state index contributed by atoms with van der Waals surface area (Å²) in [5.74, 6) is -0.537. The van der Waals surface area contributed by atoms with Gasteiger partial charge in [0.15, 0.2) is 0 Å². The van der Waals surface area contributed by atoms with E-state index in [-0.39, 0.29) is 17.5 Å². The molecule has 0 aromatic heterocycles. The van der Waals surface area contributed by atoms with Gasteiger partial charge in [-0.2, -0.15) is 13.2 Å². The van der Waals surface area contributed by atoms with Gasteiger partial charge in [-0.25, -0.2) is 4.79 Å². The van der Waals surface area contributed by atoms with E-state index in [2.05, 4.69) is 0 Å². The summed E-state index contributed by atoms with van der Waals surface area (Å²) in [5.41, 5.74) is 1.04. The fraction of sp³-hybridized carbons (Fsp3) is 0.364. The average Bonchev–Trinajstić information content (AvgIpc) is 3.22. The van der Waals surface area contributed by atoms with Crippen LogP contribution in [-0.2, 0) is 35.1 Å². The minimum Gasteiger partial charge on any atom is -0.465 e. The van der Waals surface area contributed by atoms with Gasteiger partial charge >= 0.3 is 12.1 Å². The molecule has 4 rings (SSSR count). The molecule has 0 N–H and O–H groups in total. The molecule has 1 atom stereocenters. The number of methoxy groups -OCH3 is 1. The van der Waals surface area contributed by atoms with Crippen molar-refractivity contribution in [2.45, 2.75) is 32.0 Å². The number of fused-ring (bicyclic) bond motifs is 1. The summed E-state index contributed by atoms with van der Waals surface area (Å²) in [4.78, 5) is 26.9. The third-order valence-corrected chi connectivity index (χ3v) is 6.36. The number of likely N-dealkylation sites (tertiary alicyclic amines) is 1. The standard InChI is InChI=1S/C22H19ClF3NO3/c1-30-19(28)15-4-2-3-14-10-21(11-16(14)15)7-8-27(20(21)29)12-13-5-6-18(23)17(9-13)22(24,25)26/h2-6,9H,7-8,10-12H2,1H3/t21-/m0/s1. The number of esters is 1. The molecule has 1 spiro atoms. The molecule has 0 bridgehead atoms. The smallest absolute Gasteiger partial charge is 0.417 e. The number of halogens is 4. The Bertz CT molecular complexity index is 1040. The van der Waals surface area contributed by atoms with Gasteiger partial charge in [-0.15, -0.1) is 0 Å². The van der Waals surface area contributed by atoms with Gasteiger partial charge in [0.25, 0.3) is 0 Å². The van der Waals surface area contributed by atoms with Crippen LogP contribution in [0.2, 0.25) is 5.02 Å². The summed E-state index contributed by atoms with van der Waals surface area (Å²) in [6.07, 6.45) is -3.03. The molecule has 1 aliphatic heterocycles. The van der Waals surface area contributed by atoms with E-state index in [4.69, 9.17) is 16.3 Å². The van der Waals surface area contributed by atoms with Crippen molar-refractivity contribution in [1.82, 2.24) is 4.90 Å². The minimum atomic E-state index is -4.55. The molecule has 2 aromatic carbocycles. The van der Waals surface area contributed by atoms with E-state index in [1.165, 1.54) is 19.2 Å². The molecule has 30 heavy (non-hydrogen) atoms. The van der Waals surface area contributed by atoms with Gasteiger partial charge in [0, 0.05) is 13.1 Å². The van der Waals surface area contributed by atoms with E-state index >= 15 is 0 Å². The van der Waals surface area contributed by atoms with Crippen molar-refractivity contribution < 1.29 is 27.5 Å². The average molecular weight is 438 g/mol. The van der Waals surface area contributed by atoms with Gasteiger partial charge < -0.3 is 9.64 Å². The number of carbonyl (C=O) groups excluding carboxylic acids is 2. The van der Waals surface area contributed by atoms with Crippen molar-refractivity contribution in [2.24, 2.45) is 5.41 Å². The molecule has 8 heteroatoms. The van der Waals surface area contributed by atoms with Crippen LogP contribution in [0.25, 0.3) is 0 Å². The van der Waals surface area contributed by atoms with E-state index in [9.17, 15) is 22.8 Å². The van der Waals surface area contributed by atoms with Crippen LogP contribution >= 0.6 is 11.6 Å². The molecule has 1 saturated heterocycles. The fourth-order valence-corrected chi connectivity index (χ4v) is 4.78. The molecule has 1 fully saturated rings. The first-order valence-corrected chi connectivity index (χ1v) is 9.86. The van der Waals surface area contributed by atoms with Crippen molar-refractivity contribution in [1.29, 1.82) is 0 Å². The van der Waals surface area contributed by atoms with E-state index in [0.29, 0.717) is 36.9 Å². The first kappa shape index (κ1) is 20.7. The predicted molar refractivity (Wildman–Crippen MR) is 104 cm³/mol. The molecule has 4 nitrogen and oxygen atoms in total. The Hall–Kier alpha value is -2.54. The Labute approximate surface area is 176 Å². The lowest BCUT2D eigenvalue weighted by molar-refractivity contribution is -0.137. The highest BCUT2D eigenvalue weighted by Crippen LogP contribution is 2.46. The Morgan fingerprint density at radius 1 is 1.23 bits per heavy atom. The van der Waals surface area contributed by atoms with E-state index < -0.39 is 23.1 Å². The fourth-order valence-electron chi connectivity index (χ4n) is 4.56. The highest BCUT2D eigenvalue weighted by atomic mass is 35.5. The number of benzene rings is 2. The normalized spacial score (nSPS) is 20.7. The summed E-state index contributed by atoms with van der Waals surface area (Å²) in [6, 6.07) is 9.08. The number of nitrogens with zero attached hydrogens (tertiary/aromatic N) is 1. The molecule has 0 saturated carbocycles. The maximum absolute atomic E-state index is 13.3. The molecule has 1 aliphatic carbocycles. The lowest BCUT2D eigenvalue weighted by Crippen LogP contribution is -2.35. The quantitative estimate of drug-likeness (QED) is 0.656. The van der Waals surface area contributed by atoms with Crippen LogP contribution in [0, 0.1) is 5.41 Å². The summed E-state index contributed by atoms with van der Waals surface area (Å²) >= 11 is 5.69. The molecule has 2 aliphatic rings. The highest BCUT2D eigenvalue weighted by Gasteiger charge is 2.50. The molecule has 2 aromatic rings. The van der Waals surface area contributed by atoms with Crippen LogP contribution in [0.5, 0.6) is 0 Å². The summed E-state index contributed by atoms with van der Waals surface area (Å²) < 4.78 is 44.3. The maximum atomic E-state index is 13.3. The molecular weight excluding hydrogens is 419 g/mol. The Kier molecular flexibility index (Phi) is 5.04. The summed E-state index contributed by atoms with van der Waals surface area (Å²) in [6.45, 7) is 0.533. The van der Waals surface area contributed by atoms with Crippen LogP contribution in [-0.4, -0.2) is 30.4 Å². The Morgan fingerprint density at radius 2 is 2.00 bits per heavy atom. The maximum Gasteiger partial charge on any atom is 0.417 e. The van der Waals surface area contributed by atoms with Gasteiger partial charge in [-0.3, -0.25) is 4.79 Å². The number of hydrogen-bond donors (Lipinski definition) is 0. The first-order chi connectivity index (χ1) is 14.1. The number of rotatable bonds is 3. The van der Waals surface area contributed by atoms with Crippen molar-refractivity contribution in [3.63, 3.8) is 0 Å². The molecule has 0 radical (unpaired) electrons. The van der Waals surface area contributed by atoms with Crippen molar-refractivity contribution in [3.05, 3.63) is 69.2 Å². The third kappa shape index (κ3) is 3.45. The van der Waals surface area contributed by atoms with Crippen molar-refractivity contribution in [3.8, 4) is 0 Å². The van der Waals surface area contributed by atoms with Crippen molar-refractivity contribution >= 4 is 23.5 Å². The highest BCUT2D eigenvalue weighted by molar-refractivity contribution is 6.31. The molecule has 1 amide bonds. The predicted octanol–water partition coefficient (Wildman–Crippen LogP) is 4.66. The third-order valence-electron chi connectivity index (χ3n) is 6.03. The molecule has 0 unspecified atom stereocenters. The second-order valence-electron chi connectivity index (χ2n) is 7.86. The van der Waals surface area contributed by atoms with Gasteiger partial charge in [0.1, 0.15) is 0 Å². The van der Waals surface area contributed by atoms with Crippen LogP contribution < -0.4 is 0 Å². The lowest BCUT2D eigenvalue weighted by Gasteiger charge is -2.23. The molecular formula is C22H19ClF3NO3. The largest absolute Gasteiger partial charge is 0.465 e. The second-order valence-corrected chi connectivity index (χ2v) is 8.26. The van der Waals surface area contributed by atoms with Gasteiger partial charge in [0.05, 0.1) is 28.7 Å². The SMILES string of the molecule is COC(=O)c1cccc2c1C[C@]1(CCN(Cc3ccc(Cl)c(C(F)(F)F)c3)C1=O)C2. The second kappa shape index (κ2) is 7.30. The van der Waals surface area contributed by atoms with E-state index in [1.54, 1.807) is 17.0 Å². The zero-order chi connectivity index (χ0) is 21.7. The monoisotopic (exact) mass is 437 g/mol. The number of amides is 1. The van der Waals surface area contributed by atoms with Crippen molar-refractivity contribution in [2.75, 3.05) is 13.7 Å². The topological polar surface area (TPSA) is 46.6 Å². The molecule has 158 valence electrons.